The number of nitrogens with zero attached hydrogens (tertiary/aromatic N) is 2. The van der Waals surface area contributed by atoms with E-state index in [1.807, 2.05) is 0 Å². The Labute approximate surface area is 121 Å². The molecule has 5 nitrogen and oxygen atoms in total. The van der Waals surface area contributed by atoms with Crippen LogP contribution in [-0.4, -0.2) is 46.9 Å². The van der Waals surface area contributed by atoms with Gasteiger partial charge in [-0.15, -0.1) is 11.3 Å². The van der Waals surface area contributed by atoms with Crippen molar-refractivity contribution in [2.24, 2.45) is 0 Å². The largest absolute Gasteiger partial charge is 0.406 e. The van der Waals surface area contributed by atoms with Crippen molar-refractivity contribution in [1.29, 1.82) is 0 Å². The maximum absolute atomic E-state index is 12.4. The smallest absolute Gasteiger partial charge is 0.395 e. The average molecular weight is 320 g/mol. The molecule has 0 aliphatic carbocycles. The van der Waals surface area contributed by atoms with Gasteiger partial charge in [0.25, 0.3) is 5.91 Å². The minimum Gasteiger partial charge on any atom is -0.395 e. The van der Waals surface area contributed by atoms with Gasteiger partial charge in [-0.05, 0) is 11.4 Å². The summed E-state index contributed by atoms with van der Waals surface area (Å²) in [5, 5.41) is 14.1. The van der Waals surface area contributed by atoms with Crippen LogP contribution in [0.15, 0.2) is 28.1 Å². The fraction of sp³-hybridized carbons (Fsp3) is 0.333. The number of amides is 1. The van der Waals surface area contributed by atoms with Crippen LogP contribution in [0.2, 0.25) is 0 Å². The van der Waals surface area contributed by atoms with Gasteiger partial charge in [0.05, 0.1) is 11.5 Å². The standard InChI is InChI=1S/C12H11F3N2O3S/c13-12(14,15)7-17(3-4-18)11(19)8-6-9(20-16-8)10-2-1-5-21-10/h1-2,5-6,18H,3-4,7H2. The molecule has 2 aromatic rings. The van der Waals surface area contributed by atoms with E-state index in [-0.39, 0.29) is 5.69 Å². The van der Waals surface area contributed by atoms with Gasteiger partial charge in [-0.25, -0.2) is 0 Å². The lowest BCUT2D eigenvalue weighted by atomic mass is 10.3. The SMILES string of the molecule is O=C(c1cc(-c2cccs2)on1)N(CCO)CC(F)(F)F. The Kier molecular flexibility index (Phi) is 4.63. The number of alkyl halides is 3. The van der Waals surface area contributed by atoms with Crippen LogP contribution in [0.1, 0.15) is 10.5 Å². The van der Waals surface area contributed by atoms with E-state index in [1.54, 1.807) is 17.5 Å². The summed E-state index contributed by atoms with van der Waals surface area (Å²) in [6.07, 6.45) is -4.55. The highest BCUT2D eigenvalue weighted by Gasteiger charge is 2.34. The number of thiophene rings is 1. The third-order valence-corrected chi connectivity index (χ3v) is 3.40. The Morgan fingerprint density at radius 1 is 1.48 bits per heavy atom. The molecule has 0 aromatic carbocycles. The summed E-state index contributed by atoms with van der Waals surface area (Å²) in [5.74, 6) is -0.628. The van der Waals surface area contributed by atoms with Gasteiger partial charge in [-0.3, -0.25) is 4.79 Å². The second-order valence-corrected chi connectivity index (χ2v) is 5.07. The van der Waals surface area contributed by atoms with Gasteiger partial charge < -0.3 is 14.5 Å². The lowest BCUT2D eigenvalue weighted by Crippen LogP contribution is -2.40. The summed E-state index contributed by atoms with van der Waals surface area (Å²) in [6, 6.07) is 4.79. The van der Waals surface area contributed by atoms with E-state index in [0.717, 1.165) is 0 Å². The van der Waals surface area contributed by atoms with Gasteiger partial charge in [0, 0.05) is 12.6 Å². The van der Waals surface area contributed by atoms with Crippen LogP contribution in [0, 0.1) is 0 Å². The number of carbonyl (C=O) groups excluding carboxylic acids is 1. The van der Waals surface area contributed by atoms with E-state index >= 15 is 0 Å². The van der Waals surface area contributed by atoms with Gasteiger partial charge in [-0.2, -0.15) is 13.2 Å². The molecule has 114 valence electrons. The maximum Gasteiger partial charge on any atom is 0.406 e. The van der Waals surface area contributed by atoms with E-state index in [4.69, 9.17) is 9.63 Å². The first kappa shape index (κ1) is 15.5. The van der Waals surface area contributed by atoms with Crippen LogP contribution in [0.3, 0.4) is 0 Å². The molecule has 21 heavy (non-hydrogen) atoms. The number of hydrogen-bond acceptors (Lipinski definition) is 5. The summed E-state index contributed by atoms with van der Waals surface area (Å²) >= 11 is 1.35. The number of aliphatic hydroxyl groups excluding tert-OH is 1. The fourth-order valence-electron chi connectivity index (χ4n) is 1.66. The second-order valence-electron chi connectivity index (χ2n) is 4.12. The van der Waals surface area contributed by atoms with Crippen molar-refractivity contribution < 1.29 is 27.6 Å². The van der Waals surface area contributed by atoms with Gasteiger partial charge in [0.1, 0.15) is 6.54 Å². The first-order valence-corrected chi connectivity index (χ1v) is 6.76. The van der Waals surface area contributed by atoms with Crippen molar-refractivity contribution in [1.82, 2.24) is 10.1 Å². The summed E-state index contributed by atoms with van der Waals surface area (Å²) in [4.78, 5) is 13.2. The molecule has 2 aromatic heterocycles. The van der Waals surface area contributed by atoms with Crippen LogP contribution in [0.5, 0.6) is 0 Å². The molecule has 0 spiro atoms. The number of aliphatic hydroxyl groups is 1. The van der Waals surface area contributed by atoms with E-state index < -0.39 is 31.8 Å². The Morgan fingerprint density at radius 2 is 2.24 bits per heavy atom. The van der Waals surface area contributed by atoms with Gasteiger partial charge >= 0.3 is 6.18 Å². The Bertz CT molecular complexity index is 595. The van der Waals surface area contributed by atoms with Crippen LogP contribution < -0.4 is 0 Å². The first-order chi connectivity index (χ1) is 9.90. The molecule has 0 unspecified atom stereocenters. The summed E-state index contributed by atoms with van der Waals surface area (Å²) in [6.45, 7) is -2.45. The molecule has 0 atom stereocenters. The lowest BCUT2D eigenvalue weighted by Gasteiger charge is -2.21. The summed E-state index contributed by atoms with van der Waals surface area (Å²) in [5.41, 5.74) is -0.226. The van der Waals surface area contributed by atoms with Crippen LogP contribution >= 0.6 is 11.3 Å². The van der Waals surface area contributed by atoms with Crippen molar-refractivity contribution in [2.45, 2.75) is 6.18 Å². The Hall–Kier alpha value is -1.87. The Morgan fingerprint density at radius 3 is 2.81 bits per heavy atom. The van der Waals surface area contributed by atoms with Gasteiger partial charge in [0.15, 0.2) is 11.5 Å². The molecule has 1 amide bonds. The molecule has 9 heteroatoms. The van der Waals surface area contributed by atoms with Crippen molar-refractivity contribution in [3.8, 4) is 10.6 Å². The maximum atomic E-state index is 12.4. The Balaban J connectivity index is 2.17. The molecule has 0 bridgehead atoms. The summed E-state index contributed by atoms with van der Waals surface area (Å²) < 4.78 is 42.2. The van der Waals surface area contributed by atoms with E-state index in [0.29, 0.717) is 15.5 Å². The minimum absolute atomic E-state index is 0.226. The van der Waals surface area contributed by atoms with Crippen molar-refractivity contribution >= 4 is 17.2 Å². The highest BCUT2D eigenvalue weighted by atomic mass is 32.1. The molecule has 0 radical (unpaired) electrons. The van der Waals surface area contributed by atoms with Gasteiger partial charge in [0.2, 0.25) is 0 Å². The molecule has 0 saturated carbocycles. The fourth-order valence-corrected chi connectivity index (χ4v) is 2.34. The normalized spacial score (nSPS) is 11.6. The highest BCUT2D eigenvalue weighted by molar-refractivity contribution is 7.13. The highest BCUT2D eigenvalue weighted by Crippen LogP contribution is 2.26. The lowest BCUT2D eigenvalue weighted by molar-refractivity contribution is -0.141. The molecule has 0 aliphatic heterocycles. The first-order valence-electron chi connectivity index (χ1n) is 5.88. The molecule has 2 heterocycles. The summed E-state index contributed by atoms with van der Waals surface area (Å²) in [7, 11) is 0. The zero-order valence-corrected chi connectivity index (χ0v) is 11.4. The molecule has 2 rings (SSSR count). The molecular formula is C12H11F3N2O3S. The quantitative estimate of drug-likeness (QED) is 0.919. The molecular weight excluding hydrogens is 309 g/mol. The average Bonchev–Trinajstić information content (AvgIpc) is 3.06. The predicted molar refractivity (Wildman–Crippen MR) is 68.9 cm³/mol. The third kappa shape index (κ3) is 4.05. The number of halogens is 3. The van der Waals surface area contributed by atoms with Crippen molar-refractivity contribution in [3.05, 3.63) is 29.3 Å². The van der Waals surface area contributed by atoms with E-state index in [2.05, 4.69) is 5.16 Å². The minimum atomic E-state index is -4.55. The number of rotatable bonds is 5. The van der Waals surface area contributed by atoms with Crippen LogP contribution in [-0.2, 0) is 0 Å². The molecule has 0 saturated heterocycles. The monoisotopic (exact) mass is 320 g/mol. The number of carbonyl (C=O) groups is 1. The number of hydrogen-bond donors (Lipinski definition) is 1. The van der Waals surface area contributed by atoms with Crippen molar-refractivity contribution in [2.75, 3.05) is 19.7 Å². The predicted octanol–water partition coefficient (Wildman–Crippen LogP) is 2.40. The molecule has 0 fully saturated rings. The zero-order valence-electron chi connectivity index (χ0n) is 10.6. The van der Waals surface area contributed by atoms with Crippen LogP contribution in [0.25, 0.3) is 10.6 Å². The van der Waals surface area contributed by atoms with E-state index in [9.17, 15) is 18.0 Å². The van der Waals surface area contributed by atoms with Crippen molar-refractivity contribution in [3.63, 3.8) is 0 Å². The van der Waals surface area contributed by atoms with Crippen LogP contribution in [0.4, 0.5) is 13.2 Å². The third-order valence-electron chi connectivity index (χ3n) is 2.52. The molecule has 1 N–H and O–H groups in total. The zero-order chi connectivity index (χ0) is 15.5. The number of aromatic nitrogens is 1. The topological polar surface area (TPSA) is 66.6 Å². The van der Waals surface area contributed by atoms with E-state index in [1.165, 1.54) is 17.4 Å². The molecule has 0 aliphatic rings. The second kappa shape index (κ2) is 6.27. The van der Waals surface area contributed by atoms with Gasteiger partial charge in [-0.1, -0.05) is 11.2 Å².